The van der Waals surface area contributed by atoms with Crippen molar-refractivity contribution in [2.75, 3.05) is 33.4 Å². The van der Waals surface area contributed by atoms with Crippen molar-refractivity contribution in [2.24, 2.45) is 5.73 Å². The molecule has 1 rings (SSSR count). The summed E-state index contributed by atoms with van der Waals surface area (Å²) in [6.45, 7) is 7.77. The quantitative estimate of drug-likeness (QED) is 0.744. The fraction of sp³-hybridized carbons (Fsp3) is 0.600. The summed E-state index contributed by atoms with van der Waals surface area (Å²) in [7, 11) is 1.66. The van der Waals surface area contributed by atoms with Gasteiger partial charge >= 0.3 is 0 Å². The number of hydrogen-bond donors (Lipinski definition) is 1. The lowest BCUT2D eigenvalue weighted by Crippen LogP contribution is -2.36. The summed E-state index contributed by atoms with van der Waals surface area (Å²) in [5.74, 6) is 1.72. The summed E-state index contributed by atoms with van der Waals surface area (Å²) >= 11 is 0. The average molecular weight is 266 g/mol. The molecule has 19 heavy (non-hydrogen) atoms. The first-order valence-corrected chi connectivity index (χ1v) is 6.88. The van der Waals surface area contributed by atoms with Gasteiger partial charge in [-0.25, -0.2) is 0 Å². The standard InChI is InChI=1S/C15H26N2O2/c1-13(2)17(10-4-9-16)11-12-19-15-7-5-14(18-3)6-8-15/h5-8,13H,4,9-12,16H2,1-3H3. The van der Waals surface area contributed by atoms with Crippen LogP contribution in [-0.4, -0.2) is 44.3 Å². The third-order valence-electron chi connectivity index (χ3n) is 3.09. The van der Waals surface area contributed by atoms with Crippen LogP contribution in [0, 0.1) is 0 Å². The molecule has 0 radical (unpaired) electrons. The van der Waals surface area contributed by atoms with Crippen LogP contribution >= 0.6 is 0 Å². The first-order chi connectivity index (χ1) is 9.17. The van der Waals surface area contributed by atoms with Crippen molar-refractivity contribution in [1.29, 1.82) is 0 Å². The number of nitrogens with zero attached hydrogens (tertiary/aromatic N) is 1. The second-order valence-electron chi connectivity index (χ2n) is 4.80. The molecule has 0 aliphatic rings. The van der Waals surface area contributed by atoms with Gasteiger partial charge in [0.15, 0.2) is 0 Å². The van der Waals surface area contributed by atoms with E-state index in [0.717, 1.165) is 37.6 Å². The highest BCUT2D eigenvalue weighted by Gasteiger charge is 2.08. The average Bonchev–Trinajstić information content (AvgIpc) is 2.43. The number of hydrogen-bond acceptors (Lipinski definition) is 4. The van der Waals surface area contributed by atoms with Crippen molar-refractivity contribution in [3.05, 3.63) is 24.3 Å². The number of nitrogens with two attached hydrogens (primary N) is 1. The van der Waals surface area contributed by atoms with E-state index in [4.69, 9.17) is 15.2 Å². The van der Waals surface area contributed by atoms with Gasteiger partial charge in [0.05, 0.1) is 7.11 Å². The molecule has 0 atom stereocenters. The molecule has 1 aromatic carbocycles. The van der Waals surface area contributed by atoms with E-state index in [1.165, 1.54) is 0 Å². The zero-order valence-corrected chi connectivity index (χ0v) is 12.3. The summed E-state index contributed by atoms with van der Waals surface area (Å²) in [5.41, 5.74) is 5.55. The van der Waals surface area contributed by atoms with E-state index >= 15 is 0 Å². The molecule has 0 aliphatic carbocycles. The lowest BCUT2D eigenvalue weighted by molar-refractivity contribution is 0.175. The first kappa shape index (κ1) is 15.8. The number of methoxy groups -OCH3 is 1. The van der Waals surface area contributed by atoms with Crippen LogP contribution < -0.4 is 15.2 Å². The van der Waals surface area contributed by atoms with Crippen molar-refractivity contribution in [3.63, 3.8) is 0 Å². The molecule has 0 saturated carbocycles. The van der Waals surface area contributed by atoms with Gasteiger partial charge in [-0.2, -0.15) is 0 Å². The first-order valence-electron chi connectivity index (χ1n) is 6.88. The molecule has 0 amide bonds. The van der Waals surface area contributed by atoms with Crippen LogP contribution in [0.1, 0.15) is 20.3 Å². The second-order valence-corrected chi connectivity index (χ2v) is 4.80. The van der Waals surface area contributed by atoms with Gasteiger partial charge in [0, 0.05) is 12.6 Å². The molecule has 1 aromatic rings. The SMILES string of the molecule is COc1ccc(OCCN(CCCN)C(C)C)cc1. The Morgan fingerprint density at radius 1 is 1.11 bits per heavy atom. The van der Waals surface area contributed by atoms with E-state index in [1.54, 1.807) is 7.11 Å². The van der Waals surface area contributed by atoms with Crippen LogP contribution in [0.25, 0.3) is 0 Å². The normalized spacial score (nSPS) is 11.1. The Balaban J connectivity index is 2.33. The summed E-state index contributed by atoms with van der Waals surface area (Å²) in [4.78, 5) is 2.39. The van der Waals surface area contributed by atoms with Crippen LogP contribution in [-0.2, 0) is 0 Å². The molecule has 0 unspecified atom stereocenters. The Morgan fingerprint density at radius 2 is 1.74 bits per heavy atom. The van der Waals surface area contributed by atoms with Gasteiger partial charge in [-0.15, -0.1) is 0 Å². The molecule has 4 nitrogen and oxygen atoms in total. The molecule has 4 heteroatoms. The Bertz CT molecular complexity index is 339. The van der Waals surface area contributed by atoms with Gasteiger partial charge in [0.1, 0.15) is 18.1 Å². The van der Waals surface area contributed by atoms with Crippen molar-refractivity contribution >= 4 is 0 Å². The summed E-state index contributed by atoms with van der Waals surface area (Å²) in [6.07, 6.45) is 1.03. The fourth-order valence-electron chi connectivity index (χ4n) is 1.88. The fourth-order valence-corrected chi connectivity index (χ4v) is 1.88. The number of benzene rings is 1. The van der Waals surface area contributed by atoms with E-state index < -0.39 is 0 Å². The summed E-state index contributed by atoms with van der Waals surface area (Å²) < 4.78 is 10.8. The predicted octanol–water partition coefficient (Wildman–Crippen LogP) is 2.13. The Labute approximate surface area is 116 Å². The van der Waals surface area contributed by atoms with E-state index in [-0.39, 0.29) is 0 Å². The minimum absolute atomic E-state index is 0.519. The number of rotatable bonds is 9. The maximum Gasteiger partial charge on any atom is 0.119 e. The van der Waals surface area contributed by atoms with E-state index in [9.17, 15) is 0 Å². The molecular formula is C15H26N2O2. The molecule has 2 N–H and O–H groups in total. The van der Waals surface area contributed by atoms with E-state index in [0.29, 0.717) is 12.6 Å². The smallest absolute Gasteiger partial charge is 0.119 e. The minimum Gasteiger partial charge on any atom is -0.497 e. The molecule has 0 aliphatic heterocycles. The van der Waals surface area contributed by atoms with Crippen LogP contribution in [0.5, 0.6) is 11.5 Å². The Kier molecular flexibility index (Phi) is 7.30. The Hall–Kier alpha value is -1.26. The largest absolute Gasteiger partial charge is 0.497 e. The van der Waals surface area contributed by atoms with Crippen LogP contribution in [0.2, 0.25) is 0 Å². The molecule has 0 heterocycles. The third-order valence-corrected chi connectivity index (χ3v) is 3.09. The second kappa shape index (κ2) is 8.77. The molecule has 0 spiro atoms. The van der Waals surface area contributed by atoms with Crippen LogP contribution in [0.4, 0.5) is 0 Å². The van der Waals surface area contributed by atoms with E-state index in [1.807, 2.05) is 24.3 Å². The summed E-state index contributed by atoms with van der Waals surface area (Å²) in [5, 5.41) is 0. The van der Waals surface area contributed by atoms with Crippen molar-refractivity contribution in [3.8, 4) is 11.5 Å². The molecule has 0 fully saturated rings. The highest BCUT2D eigenvalue weighted by Crippen LogP contribution is 2.16. The number of ether oxygens (including phenoxy) is 2. The van der Waals surface area contributed by atoms with Gasteiger partial charge in [0.2, 0.25) is 0 Å². The van der Waals surface area contributed by atoms with Crippen molar-refractivity contribution in [2.45, 2.75) is 26.3 Å². The van der Waals surface area contributed by atoms with Gasteiger partial charge in [-0.3, -0.25) is 4.90 Å². The van der Waals surface area contributed by atoms with Crippen LogP contribution in [0.15, 0.2) is 24.3 Å². The van der Waals surface area contributed by atoms with Crippen molar-refractivity contribution in [1.82, 2.24) is 4.90 Å². The minimum atomic E-state index is 0.519. The van der Waals surface area contributed by atoms with E-state index in [2.05, 4.69) is 18.7 Å². The van der Waals surface area contributed by atoms with Crippen LogP contribution in [0.3, 0.4) is 0 Å². The molecule has 108 valence electrons. The highest BCUT2D eigenvalue weighted by atomic mass is 16.5. The van der Waals surface area contributed by atoms with Crippen molar-refractivity contribution < 1.29 is 9.47 Å². The Morgan fingerprint density at radius 3 is 2.26 bits per heavy atom. The van der Waals surface area contributed by atoms with Gasteiger partial charge < -0.3 is 15.2 Å². The zero-order valence-electron chi connectivity index (χ0n) is 12.3. The lowest BCUT2D eigenvalue weighted by Gasteiger charge is -2.26. The molecular weight excluding hydrogens is 240 g/mol. The zero-order chi connectivity index (χ0) is 14.1. The lowest BCUT2D eigenvalue weighted by atomic mass is 10.3. The maximum absolute atomic E-state index is 5.74. The third kappa shape index (κ3) is 5.94. The molecule has 0 aromatic heterocycles. The highest BCUT2D eigenvalue weighted by molar-refractivity contribution is 5.31. The maximum atomic E-state index is 5.74. The topological polar surface area (TPSA) is 47.7 Å². The monoisotopic (exact) mass is 266 g/mol. The van der Waals surface area contributed by atoms with Gasteiger partial charge in [-0.05, 0) is 57.6 Å². The molecule has 0 saturated heterocycles. The van der Waals surface area contributed by atoms with Gasteiger partial charge in [-0.1, -0.05) is 0 Å². The molecule has 0 bridgehead atoms. The van der Waals surface area contributed by atoms with Gasteiger partial charge in [0.25, 0.3) is 0 Å². The predicted molar refractivity (Wildman–Crippen MR) is 78.9 cm³/mol. The summed E-state index contributed by atoms with van der Waals surface area (Å²) in [6, 6.07) is 8.19.